The maximum atomic E-state index is 5.93. The van der Waals surface area contributed by atoms with Crippen LogP contribution >= 0.6 is 27.7 Å². The molecule has 0 saturated carbocycles. The fourth-order valence-electron chi connectivity index (χ4n) is 1.91. The normalized spacial score (nSPS) is 10.6. The first-order valence-electron chi connectivity index (χ1n) is 6.56. The summed E-state index contributed by atoms with van der Waals surface area (Å²) >= 11 is 5.23. The van der Waals surface area contributed by atoms with Crippen LogP contribution in [0.3, 0.4) is 0 Å². The van der Waals surface area contributed by atoms with Crippen LogP contribution in [-0.4, -0.2) is 5.75 Å². The first-order valence-corrected chi connectivity index (χ1v) is 8.34. The highest BCUT2D eigenvalue weighted by molar-refractivity contribution is 9.10. The van der Waals surface area contributed by atoms with E-state index in [0.29, 0.717) is 13.2 Å². The maximum absolute atomic E-state index is 5.93. The van der Waals surface area contributed by atoms with E-state index < -0.39 is 0 Å². The molecule has 2 aromatic carbocycles. The average molecular weight is 352 g/mol. The van der Waals surface area contributed by atoms with Gasteiger partial charge in [0.1, 0.15) is 12.4 Å². The van der Waals surface area contributed by atoms with Crippen LogP contribution in [0.2, 0.25) is 0 Å². The third-order valence-electron chi connectivity index (χ3n) is 2.90. The Kier molecular flexibility index (Phi) is 5.95. The van der Waals surface area contributed by atoms with Crippen LogP contribution in [0.25, 0.3) is 0 Å². The Morgan fingerprint density at radius 2 is 1.90 bits per heavy atom. The molecular formula is C16H18BrNOS. The average Bonchev–Trinajstić information content (AvgIpc) is 2.47. The molecule has 0 radical (unpaired) electrons. The minimum absolute atomic E-state index is 0.499. The maximum Gasteiger partial charge on any atom is 0.125 e. The Morgan fingerprint density at radius 3 is 2.55 bits per heavy atom. The number of rotatable bonds is 6. The lowest BCUT2D eigenvalue weighted by molar-refractivity contribution is 0.302. The highest BCUT2D eigenvalue weighted by Crippen LogP contribution is 2.30. The van der Waals surface area contributed by atoms with Gasteiger partial charge in [0, 0.05) is 21.5 Å². The molecule has 4 heteroatoms. The summed E-state index contributed by atoms with van der Waals surface area (Å²) in [4.78, 5) is 1.21. The molecule has 0 saturated heterocycles. The minimum Gasteiger partial charge on any atom is -0.489 e. The lowest BCUT2D eigenvalue weighted by Crippen LogP contribution is -2.04. The summed E-state index contributed by atoms with van der Waals surface area (Å²) in [5.41, 5.74) is 8.11. The van der Waals surface area contributed by atoms with Crippen molar-refractivity contribution in [3.8, 4) is 5.75 Å². The van der Waals surface area contributed by atoms with Crippen molar-refractivity contribution in [3.05, 3.63) is 58.1 Å². The van der Waals surface area contributed by atoms with E-state index in [1.807, 2.05) is 24.3 Å². The quantitative estimate of drug-likeness (QED) is 0.772. The zero-order valence-electron chi connectivity index (χ0n) is 11.4. The van der Waals surface area contributed by atoms with Crippen molar-refractivity contribution in [2.24, 2.45) is 5.73 Å². The Hall–Kier alpha value is -0.970. The molecule has 0 atom stereocenters. The molecule has 0 unspecified atom stereocenters. The molecule has 0 aromatic heterocycles. The van der Waals surface area contributed by atoms with Gasteiger partial charge in [-0.25, -0.2) is 0 Å². The first-order chi connectivity index (χ1) is 9.74. The zero-order valence-corrected chi connectivity index (χ0v) is 13.8. The van der Waals surface area contributed by atoms with Gasteiger partial charge >= 0.3 is 0 Å². The van der Waals surface area contributed by atoms with Crippen LogP contribution in [0.15, 0.2) is 51.8 Å². The van der Waals surface area contributed by atoms with Gasteiger partial charge in [-0.05, 0) is 35.6 Å². The number of nitrogens with two attached hydrogens (primary N) is 1. The van der Waals surface area contributed by atoms with Crippen molar-refractivity contribution in [3.63, 3.8) is 0 Å². The zero-order chi connectivity index (χ0) is 14.4. The van der Waals surface area contributed by atoms with Gasteiger partial charge in [-0.15, -0.1) is 11.8 Å². The second kappa shape index (κ2) is 7.72. The van der Waals surface area contributed by atoms with Gasteiger partial charge in [0.2, 0.25) is 0 Å². The molecule has 0 bridgehead atoms. The van der Waals surface area contributed by atoms with Crippen LogP contribution in [-0.2, 0) is 13.2 Å². The monoisotopic (exact) mass is 351 g/mol. The third-order valence-corrected chi connectivity index (χ3v) is 4.41. The van der Waals surface area contributed by atoms with E-state index in [1.165, 1.54) is 4.90 Å². The van der Waals surface area contributed by atoms with E-state index in [2.05, 4.69) is 41.1 Å². The predicted molar refractivity (Wildman–Crippen MR) is 89.2 cm³/mol. The van der Waals surface area contributed by atoms with E-state index in [-0.39, 0.29) is 0 Å². The van der Waals surface area contributed by atoms with Crippen LogP contribution in [0.4, 0.5) is 0 Å². The molecule has 2 aromatic rings. The summed E-state index contributed by atoms with van der Waals surface area (Å²) < 4.78 is 7.01. The number of benzene rings is 2. The molecule has 2 N–H and O–H groups in total. The molecule has 20 heavy (non-hydrogen) atoms. The van der Waals surface area contributed by atoms with E-state index in [9.17, 15) is 0 Å². The Labute approximate surface area is 132 Å². The van der Waals surface area contributed by atoms with Gasteiger partial charge in [0.25, 0.3) is 0 Å². The molecule has 0 aliphatic heterocycles. The Morgan fingerprint density at radius 1 is 1.15 bits per heavy atom. The van der Waals surface area contributed by atoms with E-state index in [0.717, 1.165) is 27.1 Å². The van der Waals surface area contributed by atoms with E-state index >= 15 is 0 Å². The van der Waals surface area contributed by atoms with E-state index in [1.54, 1.807) is 11.8 Å². The van der Waals surface area contributed by atoms with Crippen molar-refractivity contribution < 1.29 is 4.74 Å². The summed E-state index contributed by atoms with van der Waals surface area (Å²) in [6, 6.07) is 14.3. The molecule has 106 valence electrons. The molecular weight excluding hydrogens is 334 g/mol. The van der Waals surface area contributed by atoms with Crippen molar-refractivity contribution in [2.75, 3.05) is 5.75 Å². The highest BCUT2D eigenvalue weighted by Gasteiger charge is 2.08. The third kappa shape index (κ3) is 4.01. The lowest BCUT2D eigenvalue weighted by Gasteiger charge is -2.14. The molecule has 0 aliphatic rings. The van der Waals surface area contributed by atoms with Gasteiger partial charge in [0.05, 0.1) is 0 Å². The molecule has 0 fully saturated rings. The largest absolute Gasteiger partial charge is 0.489 e. The van der Waals surface area contributed by atoms with Crippen molar-refractivity contribution in [1.29, 1.82) is 0 Å². The van der Waals surface area contributed by atoms with Crippen LogP contribution in [0, 0.1) is 0 Å². The summed E-state index contributed by atoms with van der Waals surface area (Å²) in [6.07, 6.45) is 0. The Bertz CT molecular complexity index is 557. The summed E-state index contributed by atoms with van der Waals surface area (Å²) in [5, 5.41) is 0. The number of ether oxygens (including phenoxy) is 1. The molecule has 0 heterocycles. The molecule has 2 rings (SSSR count). The van der Waals surface area contributed by atoms with Crippen molar-refractivity contribution >= 4 is 27.7 Å². The smallest absolute Gasteiger partial charge is 0.125 e. The fourth-order valence-corrected chi connectivity index (χ4v) is 3.02. The standard InChI is InChI=1S/C16H18BrNOS/c1-2-20-16-5-3-4-15(14(16)10-18)19-11-12-6-8-13(17)9-7-12/h3-9H,2,10-11,18H2,1H3. The van der Waals surface area contributed by atoms with Crippen LogP contribution in [0.1, 0.15) is 18.1 Å². The second-order valence-corrected chi connectivity index (χ2v) is 6.51. The molecule has 0 spiro atoms. The van der Waals surface area contributed by atoms with Gasteiger partial charge < -0.3 is 10.5 Å². The summed E-state index contributed by atoms with van der Waals surface area (Å²) in [7, 11) is 0. The summed E-state index contributed by atoms with van der Waals surface area (Å²) in [5.74, 6) is 1.91. The fraction of sp³-hybridized carbons (Fsp3) is 0.250. The van der Waals surface area contributed by atoms with Gasteiger partial charge in [-0.1, -0.05) is 41.1 Å². The summed E-state index contributed by atoms with van der Waals surface area (Å²) in [6.45, 7) is 3.19. The van der Waals surface area contributed by atoms with Crippen molar-refractivity contribution in [2.45, 2.75) is 25.0 Å². The number of halogens is 1. The minimum atomic E-state index is 0.499. The topological polar surface area (TPSA) is 35.2 Å². The number of thioether (sulfide) groups is 1. The predicted octanol–water partition coefficient (Wildman–Crippen LogP) is 4.60. The van der Waals surface area contributed by atoms with Gasteiger partial charge in [0.15, 0.2) is 0 Å². The second-order valence-electron chi connectivity index (χ2n) is 4.29. The van der Waals surface area contributed by atoms with Crippen molar-refractivity contribution in [1.82, 2.24) is 0 Å². The van der Waals surface area contributed by atoms with Crippen LogP contribution < -0.4 is 10.5 Å². The van der Waals surface area contributed by atoms with Crippen LogP contribution in [0.5, 0.6) is 5.75 Å². The lowest BCUT2D eigenvalue weighted by atomic mass is 10.2. The highest BCUT2D eigenvalue weighted by atomic mass is 79.9. The number of hydrogen-bond acceptors (Lipinski definition) is 3. The Balaban J connectivity index is 2.12. The number of hydrogen-bond donors (Lipinski definition) is 1. The van der Waals surface area contributed by atoms with Gasteiger partial charge in [-0.3, -0.25) is 0 Å². The molecule has 0 amide bonds. The van der Waals surface area contributed by atoms with Gasteiger partial charge in [-0.2, -0.15) is 0 Å². The van der Waals surface area contributed by atoms with E-state index in [4.69, 9.17) is 10.5 Å². The molecule has 2 nitrogen and oxygen atoms in total. The first kappa shape index (κ1) is 15.4. The molecule has 0 aliphatic carbocycles. The SMILES string of the molecule is CCSc1cccc(OCc2ccc(Br)cc2)c1CN.